The lowest BCUT2D eigenvalue weighted by Crippen LogP contribution is -2.35. The number of benzene rings is 1. The SMILES string of the molecule is Cc1ccc(OC[C@@H](O)CNC(C)C)c(C)c1. The molecule has 3 heteroatoms. The van der Waals surface area contributed by atoms with Crippen molar-refractivity contribution in [2.24, 2.45) is 0 Å². The number of ether oxygens (including phenoxy) is 1. The Morgan fingerprint density at radius 1 is 1.29 bits per heavy atom. The molecular weight excluding hydrogens is 214 g/mol. The second-order valence-corrected chi connectivity index (χ2v) is 4.80. The van der Waals surface area contributed by atoms with Crippen LogP contribution in [-0.2, 0) is 0 Å². The molecule has 0 aliphatic heterocycles. The highest BCUT2D eigenvalue weighted by Crippen LogP contribution is 2.18. The van der Waals surface area contributed by atoms with Crippen LogP contribution in [0.5, 0.6) is 5.75 Å². The van der Waals surface area contributed by atoms with Gasteiger partial charge in [-0.1, -0.05) is 31.5 Å². The first-order valence-electron chi connectivity index (χ1n) is 6.10. The largest absolute Gasteiger partial charge is 0.491 e. The van der Waals surface area contributed by atoms with Crippen molar-refractivity contribution >= 4 is 0 Å². The van der Waals surface area contributed by atoms with Gasteiger partial charge in [-0.2, -0.15) is 0 Å². The molecule has 1 rings (SSSR count). The summed E-state index contributed by atoms with van der Waals surface area (Å²) in [6.07, 6.45) is -0.474. The highest BCUT2D eigenvalue weighted by Gasteiger charge is 2.07. The van der Waals surface area contributed by atoms with Crippen LogP contribution in [0.4, 0.5) is 0 Å². The zero-order chi connectivity index (χ0) is 12.8. The highest BCUT2D eigenvalue weighted by molar-refractivity contribution is 5.35. The van der Waals surface area contributed by atoms with Gasteiger partial charge in [-0.3, -0.25) is 0 Å². The fraction of sp³-hybridized carbons (Fsp3) is 0.571. The molecule has 0 radical (unpaired) electrons. The predicted molar refractivity (Wildman–Crippen MR) is 70.6 cm³/mol. The number of hydrogen-bond donors (Lipinski definition) is 2. The maximum atomic E-state index is 9.72. The molecule has 0 spiro atoms. The molecule has 3 nitrogen and oxygen atoms in total. The van der Waals surface area contributed by atoms with E-state index in [-0.39, 0.29) is 0 Å². The van der Waals surface area contributed by atoms with Gasteiger partial charge in [-0.15, -0.1) is 0 Å². The number of aliphatic hydroxyl groups excluding tert-OH is 1. The summed E-state index contributed by atoms with van der Waals surface area (Å²) in [5, 5.41) is 12.9. The number of hydrogen-bond acceptors (Lipinski definition) is 3. The van der Waals surface area contributed by atoms with Crippen molar-refractivity contribution in [1.29, 1.82) is 0 Å². The molecule has 17 heavy (non-hydrogen) atoms. The normalized spacial score (nSPS) is 12.8. The lowest BCUT2D eigenvalue weighted by Gasteiger charge is -2.16. The maximum absolute atomic E-state index is 9.72. The third kappa shape index (κ3) is 5.20. The Hall–Kier alpha value is -1.06. The smallest absolute Gasteiger partial charge is 0.122 e. The van der Waals surface area contributed by atoms with Gasteiger partial charge in [0.05, 0.1) is 0 Å². The van der Waals surface area contributed by atoms with E-state index >= 15 is 0 Å². The average molecular weight is 237 g/mol. The van der Waals surface area contributed by atoms with Crippen molar-refractivity contribution in [1.82, 2.24) is 5.32 Å². The van der Waals surface area contributed by atoms with Gasteiger partial charge < -0.3 is 15.2 Å². The second-order valence-electron chi connectivity index (χ2n) is 4.80. The van der Waals surface area contributed by atoms with E-state index in [9.17, 15) is 5.11 Å². The zero-order valence-corrected chi connectivity index (χ0v) is 11.2. The fourth-order valence-electron chi connectivity index (χ4n) is 1.58. The van der Waals surface area contributed by atoms with E-state index in [1.807, 2.05) is 19.1 Å². The minimum atomic E-state index is -0.474. The average Bonchev–Trinajstić information content (AvgIpc) is 2.25. The van der Waals surface area contributed by atoms with Gasteiger partial charge in [0.1, 0.15) is 18.5 Å². The van der Waals surface area contributed by atoms with Gasteiger partial charge in [0, 0.05) is 12.6 Å². The molecule has 0 fully saturated rings. The molecule has 0 aromatic heterocycles. The molecule has 0 bridgehead atoms. The Bertz CT molecular complexity index is 350. The first kappa shape index (κ1) is 14.0. The molecule has 0 aliphatic carbocycles. The van der Waals surface area contributed by atoms with Gasteiger partial charge in [0.2, 0.25) is 0 Å². The van der Waals surface area contributed by atoms with E-state index in [2.05, 4.69) is 32.2 Å². The first-order valence-corrected chi connectivity index (χ1v) is 6.10. The molecule has 1 aromatic carbocycles. The van der Waals surface area contributed by atoms with Crippen molar-refractivity contribution < 1.29 is 9.84 Å². The lowest BCUT2D eigenvalue weighted by atomic mass is 10.1. The number of nitrogens with one attached hydrogen (secondary N) is 1. The van der Waals surface area contributed by atoms with Crippen LogP contribution in [0.2, 0.25) is 0 Å². The van der Waals surface area contributed by atoms with Crippen LogP contribution >= 0.6 is 0 Å². The van der Waals surface area contributed by atoms with Crippen molar-refractivity contribution in [3.63, 3.8) is 0 Å². The van der Waals surface area contributed by atoms with Crippen LogP contribution < -0.4 is 10.1 Å². The summed E-state index contributed by atoms with van der Waals surface area (Å²) < 4.78 is 5.60. The molecule has 0 unspecified atom stereocenters. The van der Waals surface area contributed by atoms with Crippen molar-refractivity contribution in [3.8, 4) is 5.75 Å². The zero-order valence-electron chi connectivity index (χ0n) is 11.2. The molecule has 0 saturated carbocycles. The third-order valence-electron chi connectivity index (χ3n) is 2.52. The molecule has 0 heterocycles. The Morgan fingerprint density at radius 2 is 2.00 bits per heavy atom. The Balaban J connectivity index is 2.39. The van der Waals surface area contributed by atoms with Crippen molar-refractivity contribution in [3.05, 3.63) is 29.3 Å². The van der Waals surface area contributed by atoms with Crippen LogP contribution in [-0.4, -0.2) is 30.4 Å². The summed E-state index contributed by atoms with van der Waals surface area (Å²) in [6.45, 7) is 9.06. The topological polar surface area (TPSA) is 41.5 Å². The molecular formula is C14H23NO2. The first-order chi connectivity index (χ1) is 7.99. The minimum absolute atomic E-state index is 0.323. The van der Waals surface area contributed by atoms with E-state index in [4.69, 9.17) is 4.74 Å². The Labute approximate surface area is 104 Å². The van der Waals surface area contributed by atoms with Crippen molar-refractivity contribution in [2.75, 3.05) is 13.2 Å². The number of aliphatic hydroxyl groups is 1. The van der Waals surface area contributed by atoms with Gasteiger partial charge in [0.15, 0.2) is 0 Å². The molecule has 1 atom stereocenters. The molecule has 0 amide bonds. The van der Waals surface area contributed by atoms with Gasteiger partial charge in [-0.05, 0) is 25.5 Å². The molecule has 0 aliphatic rings. The highest BCUT2D eigenvalue weighted by atomic mass is 16.5. The van der Waals surface area contributed by atoms with Crippen LogP contribution in [0.1, 0.15) is 25.0 Å². The van der Waals surface area contributed by atoms with Crippen LogP contribution in [0, 0.1) is 13.8 Å². The van der Waals surface area contributed by atoms with E-state index in [0.29, 0.717) is 19.2 Å². The summed E-state index contributed by atoms with van der Waals surface area (Å²) in [7, 11) is 0. The van der Waals surface area contributed by atoms with Gasteiger partial charge in [-0.25, -0.2) is 0 Å². The second kappa shape index (κ2) is 6.62. The van der Waals surface area contributed by atoms with Crippen LogP contribution in [0.3, 0.4) is 0 Å². The maximum Gasteiger partial charge on any atom is 0.122 e. The lowest BCUT2D eigenvalue weighted by molar-refractivity contribution is 0.104. The van der Waals surface area contributed by atoms with E-state index in [1.165, 1.54) is 5.56 Å². The van der Waals surface area contributed by atoms with Crippen LogP contribution in [0.25, 0.3) is 0 Å². The summed E-state index contributed by atoms with van der Waals surface area (Å²) >= 11 is 0. The predicted octanol–water partition coefficient (Wildman–Crippen LogP) is 2.04. The summed E-state index contributed by atoms with van der Waals surface area (Å²) in [4.78, 5) is 0. The van der Waals surface area contributed by atoms with Gasteiger partial charge in [0.25, 0.3) is 0 Å². The molecule has 96 valence electrons. The van der Waals surface area contributed by atoms with E-state index < -0.39 is 6.10 Å². The van der Waals surface area contributed by atoms with Gasteiger partial charge >= 0.3 is 0 Å². The van der Waals surface area contributed by atoms with Crippen LogP contribution in [0.15, 0.2) is 18.2 Å². The molecule has 0 saturated heterocycles. The van der Waals surface area contributed by atoms with E-state index in [1.54, 1.807) is 0 Å². The van der Waals surface area contributed by atoms with Crippen molar-refractivity contribution in [2.45, 2.75) is 39.8 Å². The quantitative estimate of drug-likeness (QED) is 0.795. The van der Waals surface area contributed by atoms with E-state index in [0.717, 1.165) is 11.3 Å². The third-order valence-corrected chi connectivity index (χ3v) is 2.52. The number of aryl methyl sites for hydroxylation is 2. The minimum Gasteiger partial charge on any atom is -0.491 e. The molecule has 2 N–H and O–H groups in total. The summed E-state index contributed by atoms with van der Waals surface area (Å²) in [5.41, 5.74) is 2.32. The summed E-state index contributed by atoms with van der Waals surface area (Å²) in [6, 6.07) is 6.42. The number of rotatable bonds is 6. The Kier molecular flexibility index (Phi) is 5.45. The summed E-state index contributed by atoms with van der Waals surface area (Å²) in [5.74, 6) is 0.846. The molecule has 1 aromatic rings. The Morgan fingerprint density at radius 3 is 2.59 bits per heavy atom. The monoisotopic (exact) mass is 237 g/mol. The fourth-order valence-corrected chi connectivity index (χ4v) is 1.58. The standard InChI is InChI=1S/C14H23NO2/c1-10(2)15-8-13(16)9-17-14-6-5-11(3)7-12(14)4/h5-7,10,13,15-16H,8-9H2,1-4H3/t13-/m0/s1.